The maximum atomic E-state index is 13.1. The van der Waals surface area contributed by atoms with E-state index in [1.807, 2.05) is 50.2 Å². The van der Waals surface area contributed by atoms with E-state index in [4.69, 9.17) is 9.15 Å². The Balaban J connectivity index is 1.85. The van der Waals surface area contributed by atoms with Gasteiger partial charge in [0.1, 0.15) is 11.5 Å². The normalized spacial score (nSPS) is 10.7. The summed E-state index contributed by atoms with van der Waals surface area (Å²) in [6.45, 7) is 6.59. The number of rotatable bonds is 8. The molecule has 0 atom stereocenters. The standard InChI is InChI=1S/C23H26N2O4/c1-4-28-23(27)22-16(2)20(17(3)24-22)15-25(14-19-11-8-12-29-19)21(26)13-18-9-6-5-7-10-18/h5-12,24H,4,13-15H2,1-3H3. The monoisotopic (exact) mass is 394 g/mol. The summed E-state index contributed by atoms with van der Waals surface area (Å²) < 4.78 is 10.6. The van der Waals surface area contributed by atoms with Crippen molar-refractivity contribution in [3.8, 4) is 0 Å². The molecule has 0 radical (unpaired) electrons. The minimum atomic E-state index is -0.382. The van der Waals surface area contributed by atoms with Crippen molar-refractivity contribution in [1.29, 1.82) is 0 Å². The predicted octanol–water partition coefficient (Wildman–Crippen LogP) is 4.17. The quantitative estimate of drug-likeness (QED) is 0.582. The molecular formula is C23H26N2O4. The number of aromatic nitrogens is 1. The van der Waals surface area contributed by atoms with Gasteiger partial charge in [-0.2, -0.15) is 0 Å². The van der Waals surface area contributed by atoms with E-state index in [1.54, 1.807) is 24.2 Å². The maximum Gasteiger partial charge on any atom is 0.355 e. The number of amides is 1. The van der Waals surface area contributed by atoms with Crippen LogP contribution < -0.4 is 0 Å². The number of esters is 1. The Morgan fingerprint density at radius 3 is 2.48 bits per heavy atom. The molecule has 1 N–H and O–H groups in total. The van der Waals surface area contributed by atoms with E-state index in [2.05, 4.69) is 4.98 Å². The second kappa shape index (κ2) is 9.28. The molecular weight excluding hydrogens is 368 g/mol. The molecule has 0 aliphatic carbocycles. The summed E-state index contributed by atoms with van der Waals surface area (Å²) in [5.74, 6) is 0.320. The zero-order valence-corrected chi connectivity index (χ0v) is 17.0. The van der Waals surface area contributed by atoms with Crippen molar-refractivity contribution < 1.29 is 18.7 Å². The van der Waals surface area contributed by atoms with Gasteiger partial charge in [-0.25, -0.2) is 4.79 Å². The molecule has 0 unspecified atom stereocenters. The highest BCUT2D eigenvalue weighted by molar-refractivity contribution is 5.90. The van der Waals surface area contributed by atoms with E-state index in [1.165, 1.54) is 0 Å². The van der Waals surface area contributed by atoms with Gasteiger partial charge in [0.05, 0.1) is 25.8 Å². The molecule has 0 fully saturated rings. The van der Waals surface area contributed by atoms with Gasteiger partial charge in [0.2, 0.25) is 5.91 Å². The van der Waals surface area contributed by atoms with Gasteiger partial charge in [0.15, 0.2) is 0 Å². The van der Waals surface area contributed by atoms with Gasteiger partial charge in [-0.1, -0.05) is 30.3 Å². The lowest BCUT2D eigenvalue weighted by Gasteiger charge is -2.22. The summed E-state index contributed by atoms with van der Waals surface area (Å²) >= 11 is 0. The second-order valence-electron chi connectivity index (χ2n) is 6.94. The number of nitrogens with zero attached hydrogens (tertiary/aromatic N) is 1. The van der Waals surface area contributed by atoms with Crippen LogP contribution in [0, 0.1) is 13.8 Å². The van der Waals surface area contributed by atoms with Gasteiger partial charge in [-0.05, 0) is 49.6 Å². The summed E-state index contributed by atoms with van der Waals surface area (Å²) in [4.78, 5) is 30.2. The molecule has 1 aromatic carbocycles. The first-order valence-corrected chi connectivity index (χ1v) is 9.68. The van der Waals surface area contributed by atoms with Gasteiger partial charge in [-0.15, -0.1) is 0 Å². The summed E-state index contributed by atoms with van der Waals surface area (Å²) in [5.41, 5.74) is 3.96. The fraction of sp³-hybridized carbons (Fsp3) is 0.304. The first kappa shape index (κ1) is 20.5. The number of ether oxygens (including phenoxy) is 1. The van der Waals surface area contributed by atoms with E-state index < -0.39 is 0 Å². The Morgan fingerprint density at radius 2 is 1.83 bits per heavy atom. The fourth-order valence-corrected chi connectivity index (χ4v) is 3.33. The second-order valence-corrected chi connectivity index (χ2v) is 6.94. The molecule has 29 heavy (non-hydrogen) atoms. The maximum absolute atomic E-state index is 13.1. The third-order valence-electron chi connectivity index (χ3n) is 4.90. The number of aryl methyl sites for hydroxylation is 1. The number of carbonyl (C=O) groups excluding carboxylic acids is 2. The molecule has 2 aromatic heterocycles. The van der Waals surface area contributed by atoms with Crippen LogP contribution in [0.4, 0.5) is 0 Å². The van der Waals surface area contributed by atoms with Crippen LogP contribution in [0.3, 0.4) is 0 Å². The average molecular weight is 394 g/mol. The number of nitrogens with one attached hydrogen (secondary N) is 1. The van der Waals surface area contributed by atoms with Crippen LogP contribution in [0.25, 0.3) is 0 Å². The zero-order valence-electron chi connectivity index (χ0n) is 17.0. The van der Waals surface area contributed by atoms with E-state index in [0.717, 1.165) is 22.4 Å². The van der Waals surface area contributed by atoms with Crippen molar-refractivity contribution in [2.75, 3.05) is 6.61 Å². The SMILES string of the molecule is CCOC(=O)c1[nH]c(C)c(CN(Cc2ccco2)C(=O)Cc2ccccc2)c1C. The van der Waals surface area contributed by atoms with Gasteiger partial charge in [0.25, 0.3) is 0 Å². The van der Waals surface area contributed by atoms with Crippen molar-refractivity contribution >= 4 is 11.9 Å². The lowest BCUT2D eigenvalue weighted by atomic mass is 10.1. The zero-order chi connectivity index (χ0) is 20.8. The Morgan fingerprint density at radius 1 is 1.07 bits per heavy atom. The number of carbonyl (C=O) groups is 2. The Bertz CT molecular complexity index is 958. The van der Waals surface area contributed by atoms with E-state index in [0.29, 0.717) is 37.6 Å². The number of hydrogen-bond acceptors (Lipinski definition) is 4. The number of furan rings is 1. The van der Waals surface area contributed by atoms with Gasteiger partial charge in [-0.3, -0.25) is 4.79 Å². The molecule has 0 aliphatic heterocycles. The minimum absolute atomic E-state index is 0.00900. The summed E-state index contributed by atoms with van der Waals surface area (Å²) in [6, 6.07) is 13.3. The van der Waals surface area contributed by atoms with E-state index in [9.17, 15) is 9.59 Å². The highest BCUT2D eigenvalue weighted by Crippen LogP contribution is 2.22. The van der Waals surface area contributed by atoms with E-state index in [-0.39, 0.29) is 11.9 Å². The molecule has 0 bridgehead atoms. The summed E-state index contributed by atoms with van der Waals surface area (Å²) in [7, 11) is 0. The lowest BCUT2D eigenvalue weighted by Crippen LogP contribution is -2.31. The van der Waals surface area contributed by atoms with Gasteiger partial charge in [0, 0.05) is 12.2 Å². The third-order valence-corrected chi connectivity index (χ3v) is 4.90. The molecule has 0 spiro atoms. The highest BCUT2D eigenvalue weighted by atomic mass is 16.5. The number of benzene rings is 1. The first-order valence-electron chi connectivity index (χ1n) is 9.68. The van der Waals surface area contributed by atoms with Crippen molar-refractivity contribution in [2.45, 2.75) is 40.3 Å². The third kappa shape index (κ3) is 4.96. The Labute approximate surface area is 170 Å². The largest absolute Gasteiger partial charge is 0.467 e. The van der Waals surface area contributed by atoms with Crippen molar-refractivity contribution in [1.82, 2.24) is 9.88 Å². The van der Waals surface area contributed by atoms with E-state index >= 15 is 0 Å². The van der Waals surface area contributed by atoms with Gasteiger partial charge < -0.3 is 19.0 Å². The fourth-order valence-electron chi connectivity index (χ4n) is 3.33. The summed E-state index contributed by atoms with van der Waals surface area (Å²) in [5, 5.41) is 0. The molecule has 152 valence electrons. The number of hydrogen-bond donors (Lipinski definition) is 1. The smallest absolute Gasteiger partial charge is 0.355 e. The van der Waals surface area contributed by atoms with Crippen LogP contribution in [0.15, 0.2) is 53.1 Å². The molecule has 0 saturated heterocycles. The minimum Gasteiger partial charge on any atom is -0.467 e. The molecule has 3 rings (SSSR count). The predicted molar refractivity (Wildman–Crippen MR) is 109 cm³/mol. The van der Waals surface area contributed by atoms with Crippen LogP contribution in [0.5, 0.6) is 0 Å². The average Bonchev–Trinajstić information content (AvgIpc) is 3.31. The molecule has 1 amide bonds. The molecule has 6 heteroatoms. The first-order chi connectivity index (χ1) is 14.0. The molecule has 2 heterocycles. The van der Waals surface area contributed by atoms with Crippen molar-refractivity contribution in [2.24, 2.45) is 0 Å². The summed E-state index contributed by atoms with van der Waals surface area (Å²) in [6.07, 6.45) is 1.90. The number of aromatic amines is 1. The van der Waals surface area contributed by atoms with Crippen LogP contribution >= 0.6 is 0 Å². The van der Waals surface area contributed by atoms with Crippen LogP contribution in [-0.4, -0.2) is 28.4 Å². The molecule has 6 nitrogen and oxygen atoms in total. The van der Waals surface area contributed by atoms with Crippen molar-refractivity contribution in [3.63, 3.8) is 0 Å². The van der Waals surface area contributed by atoms with Crippen LogP contribution in [0.1, 0.15) is 45.6 Å². The van der Waals surface area contributed by atoms with Gasteiger partial charge >= 0.3 is 5.97 Å². The van der Waals surface area contributed by atoms with Crippen LogP contribution in [0.2, 0.25) is 0 Å². The topological polar surface area (TPSA) is 75.5 Å². The van der Waals surface area contributed by atoms with Crippen molar-refractivity contribution in [3.05, 3.63) is 82.6 Å². The molecule has 0 aliphatic rings. The molecule has 0 saturated carbocycles. The Hall–Kier alpha value is -3.28. The highest BCUT2D eigenvalue weighted by Gasteiger charge is 2.23. The number of H-pyrrole nitrogens is 1. The Kier molecular flexibility index (Phi) is 6.54. The lowest BCUT2D eigenvalue weighted by molar-refractivity contribution is -0.132. The molecule has 3 aromatic rings. The van der Waals surface area contributed by atoms with Crippen LogP contribution in [-0.2, 0) is 29.0 Å².